The number of hydrogen-bond donors (Lipinski definition) is 1. The second kappa shape index (κ2) is 6.13. The van der Waals surface area contributed by atoms with Crippen molar-refractivity contribution in [2.45, 2.75) is 40.2 Å². The maximum absolute atomic E-state index is 11.6. The van der Waals surface area contributed by atoms with Crippen LogP contribution in [0.4, 0.5) is 5.69 Å². The quantitative estimate of drug-likeness (QED) is 0.471. The Balaban J connectivity index is 2.71. The van der Waals surface area contributed by atoms with E-state index in [0.29, 0.717) is 17.9 Å². The molecular weight excluding hydrogens is 236 g/mol. The van der Waals surface area contributed by atoms with Crippen molar-refractivity contribution in [1.29, 1.82) is 0 Å². The molecule has 0 atom stereocenters. The number of hydrogen-bond acceptors (Lipinski definition) is 4. The van der Waals surface area contributed by atoms with E-state index >= 15 is 0 Å². The summed E-state index contributed by atoms with van der Waals surface area (Å²) >= 11 is 0. The summed E-state index contributed by atoms with van der Waals surface area (Å²) < 4.78 is 1.37. The third kappa shape index (κ3) is 3.28. The zero-order valence-electron chi connectivity index (χ0n) is 10.9. The van der Waals surface area contributed by atoms with Gasteiger partial charge in [0.15, 0.2) is 0 Å². The first-order chi connectivity index (χ1) is 8.47. The number of unbranched alkanes of at least 4 members (excludes halogenated alkanes) is 1. The van der Waals surface area contributed by atoms with Gasteiger partial charge in [-0.2, -0.15) is 5.10 Å². The van der Waals surface area contributed by atoms with Crippen molar-refractivity contribution in [3.63, 3.8) is 0 Å². The van der Waals surface area contributed by atoms with Crippen LogP contribution >= 0.6 is 0 Å². The molecule has 1 heterocycles. The van der Waals surface area contributed by atoms with Crippen molar-refractivity contribution in [3.05, 3.63) is 21.5 Å². The predicted molar refractivity (Wildman–Crippen MR) is 66.3 cm³/mol. The summed E-state index contributed by atoms with van der Waals surface area (Å²) in [6, 6.07) is 0. The Morgan fingerprint density at radius 1 is 1.50 bits per heavy atom. The topological polar surface area (TPSA) is 90.1 Å². The highest BCUT2D eigenvalue weighted by atomic mass is 16.6. The minimum Gasteiger partial charge on any atom is -0.354 e. The normalized spacial score (nSPS) is 10.4. The molecule has 1 N–H and O–H groups in total. The molecule has 1 rings (SSSR count). The van der Waals surface area contributed by atoms with Crippen LogP contribution in [-0.4, -0.2) is 27.2 Å². The van der Waals surface area contributed by atoms with Crippen molar-refractivity contribution in [2.24, 2.45) is 0 Å². The SMILES string of the molecule is CCCCNC(=O)Cn1nc(C)c([N+](=O)[O-])c1C. The minimum absolute atomic E-state index is 0.0173. The highest BCUT2D eigenvalue weighted by molar-refractivity contribution is 5.75. The summed E-state index contributed by atoms with van der Waals surface area (Å²) in [6.45, 7) is 5.84. The third-order valence-electron chi connectivity index (χ3n) is 2.67. The molecule has 0 saturated heterocycles. The lowest BCUT2D eigenvalue weighted by molar-refractivity contribution is -0.386. The summed E-state index contributed by atoms with van der Waals surface area (Å²) in [5.41, 5.74) is 0.721. The summed E-state index contributed by atoms with van der Waals surface area (Å²) in [6.07, 6.45) is 1.93. The molecule has 0 aromatic carbocycles. The van der Waals surface area contributed by atoms with Gasteiger partial charge in [-0.15, -0.1) is 0 Å². The van der Waals surface area contributed by atoms with Crippen LogP contribution in [-0.2, 0) is 11.3 Å². The molecule has 0 aliphatic rings. The number of carbonyl (C=O) groups is 1. The largest absolute Gasteiger partial charge is 0.354 e. The third-order valence-corrected chi connectivity index (χ3v) is 2.67. The first kappa shape index (κ1) is 14.1. The van der Waals surface area contributed by atoms with E-state index in [1.165, 1.54) is 4.68 Å². The number of amides is 1. The minimum atomic E-state index is -0.469. The van der Waals surface area contributed by atoms with Crippen molar-refractivity contribution >= 4 is 11.6 Å². The van der Waals surface area contributed by atoms with E-state index in [1.807, 2.05) is 6.92 Å². The van der Waals surface area contributed by atoms with Gasteiger partial charge in [-0.1, -0.05) is 13.3 Å². The van der Waals surface area contributed by atoms with Crippen LogP contribution in [0.15, 0.2) is 0 Å². The Labute approximate surface area is 105 Å². The molecule has 0 aliphatic carbocycles. The first-order valence-corrected chi connectivity index (χ1v) is 5.92. The van der Waals surface area contributed by atoms with Crippen LogP contribution < -0.4 is 5.32 Å². The second-order valence-electron chi connectivity index (χ2n) is 4.14. The smallest absolute Gasteiger partial charge is 0.312 e. The number of nitrogens with zero attached hydrogens (tertiary/aromatic N) is 3. The monoisotopic (exact) mass is 254 g/mol. The Morgan fingerprint density at radius 2 is 2.17 bits per heavy atom. The molecule has 1 aromatic rings. The van der Waals surface area contributed by atoms with E-state index in [-0.39, 0.29) is 18.1 Å². The van der Waals surface area contributed by atoms with E-state index in [2.05, 4.69) is 10.4 Å². The zero-order valence-corrected chi connectivity index (χ0v) is 10.9. The molecule has 18 heavy (non-hydrogen) atoms. The standard InChI is InChI=1S/C11H18N4O3/c1-4-5-6-12-10(16)7-14-9(3)11(15(17)18)8(2)13-14/h4-7H2,1-3H3,(H,12,16). The summed E-state index contributed by atoms with van der Waals surface area (Å²) in [4.78, 5) is 21.9. The van der Waals surface area contributed by atoms with E-state index in [1.54, 1.807) is 13.8 Å². The van der Waals surface area contributed by atoms with Crippen LogP contribution in [0, 0.1) is 24.0 Å². The zero-order chi connectivity index (χ0) is 13.7. The van der Waals surface area contributed by atoms with Gasteiger partial charge in [-0.3, -0.25) is 19.6 Å². The second-order valence-corrected chi connectivity index (χ2v) is 4.14. The van der Waals surface area contributed by atoms with Gasteiger partial charge < -0.3 is 5.32 Å². The number of nitro groups is 1. The van der Waals surface area contributed by atoms with Crippen molar-refractivity contribution in [3.8, 4) is 0 Å². The fraction of sp³-hybridized carbons (Fsp3) is 0.636. The molecule has 100 valence electrons. The number of carbonyl (C=O) groups excluding carboxylic acids is 1. The number of nitrogens with one attached hydrogen (secondary N) is 1. The fourth-order valence-corrected chi connectivity index (χ4v) is 1.70. The molecule has 0 aliphatic heterocycles. The fourth-order valence-electron chi connectivity index (χ4n) is 1.70. The average Bonchev–Trinajstić information content (AvgIpc) is 2.54. The molecule has 0 bridgehead atoms. The first-order valence-electron chi connectivity index (χ1n) is 5.92. The van der Waals surface area contributed by atoms with E-state index < -0.39 is 4.92 Å². The van der Waals surface area contributed by atoms with Gasteiger partial charge in [0, 0.05) is 6.54 Å². The Bertz CT molecular complexity index is 453. The van der Waals surface area contributed by atoms with Crippen LogP contribution in [0.3, 0.4) is 0 Å². The molecule has 0 saturated carbocycles. The van der Waals surface area contributed by atoms with Crippen LogP contribution in [0.25, 0.3) is 0 Å². The number of aryl methyl sites for hydroxylation is 1. The highest BCUT2D eigenvalue weighted by Crippen LogP contribution is 2.21. The van der Waals surface area contributed by atoms with Gasteiger partial charge in [-0.05, 0) is 20.3 Å². The van der Waals surface area contributed by atoms with Crippen molar-refractivity contribution in [2.75, 3.05) is 6.54 Å². The Morgan fingerprint density at radius 3 is 2.67 bits per heavy atom. The highest BCUT2D eigenvalue weighted by Gasteiger charge is 2.22. The van der Waals surface area contributed by atoms with Gasteiger partial charge in [0.1, 0.15) is 17.9 Å². The molecular formula is C11H18N4O3. The Hall–Kier alpha value is -1.92. The molecule has 0 radical (unpaired) electrons. The predicted octanol–water partition coefficient (Wildman–Crippen LogP) is 1.32. The van der Waals surface area contributed by atoms with Crippen LogP contribution in [0.2, 0.25) is 0 Å². The summed E-state index contributed by atoms with van der Waals surface area (Å²) in [5.74, 6) is -0.177. The lowest BCUT2D eigenvalue weighted by Crippen LogP contribution is -2.29. The maximum atomic E-state index is 11.6. The van der Waals surface area contributed by atoms with Gasteiger partial charge in [0.25, 0.3) is 0 Å². The van der Waals surface area contributed by atoms with Crippen molar-refractivity contribution < 1.29 is 9.72 Å². The lowest BCUT2D eigenvalue weighted by atomic mass is 10.3. The van der Waals surface area contributed by atoms with Gasteiger partial charge in [0.05, 0.1) is 4.92 Å². The maximum Gasteiger partial charge on any atom is 0.312 e. The molecule has 0 spiro atoms. The molecule has 1 amide bonds. The van der Waals surface area contributed by atoms with Gasteiger partial charge in [0.2, 0.25) is 5.91 Å². The Kier molecular flexibility index (Phi) is 4.82. The van der Waals surface area contributed by atoms with Crippen LogP contribution in [0.1, 0.15) is 31.2 Å². The van der Waals surface area contributed by atoms with E-state index in [9.17, 15) is 14.9 Å². The summed E-state index contributed by atoms with van der Waals surface area (Å²) in [5, 5.41) is 17.6. The molecule has 7 nitrogen and oxygen atoms in total. The molecule has 0 unspecified atom stereocenters. The molecule has 0 fully saturated rings. The molecule has 7 heteroatoms. The number of rotatable bonds is 6. The van der Waals surface area contributed by atoms with Crippen LogP contribution in [0.5, 0.6) is 0 Å². The summed E-state index contributed by atoms with van der Waals surface area (Å²) in [7, 11) is 0. The van der Waals surface area contributed by atoms with Gasteiger partial charge in [-0.25, -0.2) is 0 Å². The number of aromatic nitrogens is 2. The molecule has 1 aromatic heterocycles. The van der Waals surface area contributed by atoms with Gasteiger partial charge >= 0.3 is 5.69 Å². The van der Waals surface area contributed by atoms with E-state index in [4.69, 9.17) is 0 Å². The van der Waals surface area contributed by atoms with E-state index in [0.717, 1.165) is 12.8 Å². The van der Waals surface area contributed by atoms with Crippen molar-refractivity contribution in [1.82, 2.24) is 15.1 Å². The lowest BCUT2D eigenvalue weighted by Gasteiger charge is -2.05. The average molecular weight is 254 g/mol.